The van der Waals surface area contributed by atoms with Crippen molar-refractivity contribution in [3.05, 3.63) is 84.6 Å². The van der Waals surface area contributed by atoms with Crippen LogP contribution in [0.2, 0.25) is 0 Å². The van der Waals surface area contributed by atoms with E-state index in [1.807, 2.05) is 41.3 Å². The maximum Gasteiger partial charge on any atom is 0.239 e. The Labute approximate surface area is 147 Å². The summed E-state index contributed by atoms with van der Waals surface area (Å²) in [5.74, 6) is 1.70. The van der Waals surface area contributed by atoms with Gasteiger partial charge in [-0.15, -0.1) is 0 Å². The predicted molar refractivity (Wildman–Crippen MR) is 98.0 cm³/mol. The number of carbonyl (C=O) groups excluding carboxylic acids is 1. The van der Waals surface area contributed by atoms with Gasteiger partial charge < -0.3 is 4.74 Å². The molecule has 1 amide bonds. The molecule has 4 aliphatic rings. The Morgan fingerprint density at radius 3 is 2.28 bits per heavy atom. The first kappa shape index (κ1) is 14.5. The maximum atomic E-state index is 13.6. The van der Waals surface area contributed by atoms with Crippen LogP contribution in [0.4, 0.5) is 5.69 Å². The van der Waals surface area contributed by atoms with Gasteiger partial charge in [0, 0.05) is 29.1 Å². The third-order valence-electron chi connectivity index (χ3n) is 5.92. The highest BCUT2D eigenvalue weighted by Gasteiger charge is 2.75. The van der Waals surface area contributed by atoms with Crippen LogP contribution >= 0.6 is 0 Å². The fraction of sp³-hybridized carbons (Fsp3) is 0.227. The molecular formula is C22H19NO2. The van der Waals surface area contributed by atoms with Gasteiger partial charge >= 0.3 is 0 Å². The topological polar surface area (TPSA) is 29.5 Å². The van der Waals surface area contributed by atoms with Gasteiger partial charge in [0.2, 0.25) is 5.91 Å². The molecule has 2 fully saturated rings. The van der Waals surface area contributed by atoms with Crippen molar-refractivity contribution in [2.75, 3.05) is 12.0 Å². The first-order valence-corrected chi connectivity index (χ1v) is 8.67. The van der Waals surface area contributed by atoms with Crippen LogP contribution in [0.3, 0.4) is 0 Å². The molecule has 1 saturated heterocycles. The van der Waals surface area contributed by atoms with Gasteiger partial charge in [-0.3, -0.25) is 9.69 Å². The minimum absolute atomic E-state index is 0.111. The van der Waals surface area contributed by atoms with E-state index < -0.39 is 0 Å². The molecule has 124 valence electrons. The van der Waals surface area contributed by atoms with Crippen molar-refractivity contribution in [1.29, 1.82) is 0 Å². The summed E-state index contributed by atoms with van der Waals surface area (Å²) in [6.45, 7) is 0. The summed E-state index contributed by atoms with van der Waals surface area (Å²) in [7, 11) is 1.65. The molecule has 5 rings (SSSR count). The largest absolute Gasteiger partial charge is 0.497 e. The minimum Gasteiger partial charge on any atom is -0.497 e. The molecule has 1 aromatic rings. The zero-order valence-corrected chi connectivity index (χ0v) is 14.0. The van der Waals surface area contributed by atoms with Gasteiger partial charge in [-0.2, -0.15) is 0 Å². The van der Waals surface area contributed by atoms with Gasteiger partial charge in [-0.05, 0) is 30.3 Å². The lowest BCUT2D eigenvalue weighted by Crippen LogP contribution is -2.28. The van der Waals surface area contributed by atoms with E-state index in [2.05, 4.69) is 42.5 Å². The van der Waals surface area contributed by atoms with Gasteiger partial charge in [-0.25, -0.2) is 0 Å². The maximum absolute atomic E-state index is 13.6. The van der Waals surface area contributed by atoms with Crippen molar-refractivity contribution in [3.63, 3.8) is 0 Å². The average molecular weight is 329 g/mol. The molecule has 0 aromatic heterocycles. The van der Waals surface area contributed by atoms with Gasteiger partial charge in [-0.1, -0.05) is 48.6 Å². The Kier molecular flexibility index (Phi) is 2.96. The number of carbonyl (C=O) groups is 1. The molecule has 3 nitrogen and oxygen atoms in total. The van der Waals surface area contributed by atoms with Crippen molar-refractivity contribution in [3.8, 4) is 5.75 Å². The van der Waals surface area contributed by atoms with E-state index in [0.29, 0.717) is 11.8 Å². The van der Waals surface area contributed by atoms with Crippen LogP contribution < -0.4 is 9.64 Å². The van der Waals surface area contributed by atoms with Crippen molar-refractivity contribution in [1.82, 2.24) is 0 Å². The number of nitrogens with zero attached hydrogens (tertiary/aromatic N) is 1. The quantitative estimate of drug-likeness (QED) is 0.820. The number of hydrogen-bond donors (Lipinski definition) is 0. The van der Waals surface area contributed by atoms with Gasteiger partial charge in [0.05, 0.1) is 12.5 Å². The number of amides is 1. The average Bonchev–Trinajstić information content (AvgIpc) is 3.32. The molecule has 1 aliphatic heterocycles. The molecule has 0 bridgehead atoms. The summed E-state index contributed by atoms with van der Waals surface area (Å²) in [6.07, 6.45) is 18.9. The highest BCUT2D eigenvalue weighted by molar-refractivity contribution is 6.08. The van der Waals surface area contributed by atoms with Gasteiger partial charge in [0.15, 0.2) is 0 Å². The number of benzene rings is 1. The second-order valence-electron chi connectivity index (χ2n) is 6.93. The van der Waals surface area contributed by atoms with E-state index in [4.69, 9.17) is 4.74 Å². The lowest BCUT2D eigenvalue weighted by molar-refractivity contribution is -0.122. The third kappa shape index (κ3) is 1.78. The van der Waals surface area contributed by atoms with Crippen molar-refractivity contribution < 1.29 is 9.53 Å². The Morgan fingerprint density at radius 2 is 1.60 bits per heavy atom. The summed E-state index contributed by atoms with van der Waals surface area (Å²) in [6, 6.07) is 7.74. The smallest absolute Gasteiger partial charge is 0.239 e. The molecule has 3 atom stereocenters. The molecule has 1 spiro atoms. The van der Waals surface area contributed by atoms with Crippen LogP contribution in [-0.4, -0.2) is 13.0 Å². The number of fused-ring (bicyclic) bond motifs is 5. The van der Waals surface area contributed by atoms with E-state index in [1.165, 1.54) is 0 Å². The molecule has 1 heterocycles. The van der Waals surface area contributed by atoms with Crippen molar-refractivity contribution >= 4 is 11.6 Å². The second kappa shape index (κ2) is 5.09. The van der Waals surface area contributed by atoms with Crippen molar-refractivity contribution in [2.45, 2.75) is 0 Å². The lowest BCUT2D eigenvalue weighted by Gasteiger charge is -2.19. The summed E-state index contributed by atoms with van der Waals surface area (Å²) < 4.78 is 5.26. The molecule has 0 radical (unpaired) electrons. The molecule has 1 saturated carbocycles. The summed E-state index contributed by atoms with van der Waals surface area (Å²) in [5.41, 5.74) is 1.60. The molecule has 3 aliphatic carbocycles. The first-order valence-electron chi connectivity index (χ1n) is 8.67. The summed E-state index contributed by atoms with van der Waals surface area (Å²) in [5, 5.41) is 0. The van der Waals surface area contributed by atoms with Crippen LogP contribution in [0.5, 0.6) is 5.75 Å². The van der Waals surface area contributed by atoms with E-state index in [9.17, 15) is 4.79 Å². The third-order valence-corrected chi connectivity index (χ3v) is 5.92. The fourth-order valence-electron chi connectivity index (χ4n) is 4.74. The zero-order valence-electron chi connectivity index (χ0n) is 14.0. The van der Waals surface area contributed by atoms with Crippen LogP contribution in [0.15, 0.2) is 84.6 Å². The number of anilines is 1. The summed E-state index contributed by atoms with van der Waals surface area (Å²) in [4.78, 5) is 15.5. The van der Waals surface area contributed by atoms with Crippen molar-refractivity contribution in [2.24, 2.45) is 23.2 Å². The zero-order chi connectivity index (χ0) is 17.0. The molecule has 1 aromatic carbocycles. The lowest BCUT2D eigenvalue weighted by atomic mass is 9.86. The van der Waals surface area contributed by atoms with Crippen LogP contribution in [0, 0.1) is 23.2 Å². The molecule has 3 heteroatoms. The number of rotatable bonds is 2. The molecular weight excluding hydrogens is 310 g/mol. The number of ether oxygens (including phenoxy) is 1. The first-order chi connectivity index (χ1) is 12.3. The Balaban J connectivity index is 1.64. The fourth-order valence-corrected chi connectivity index (χ4v) is 4.74. The highest BCUT2D eigenvalue weighted by atomic mass is 16.5. The standard InChI is InChI=1S/C22H19NO2/c1-25-16-13-11-15(12-14-16)23-20-10-4-2-3-9-19(20)22(21(23)24)17-7-5-6-8-18(17)22/h2-14,17-19H,1H3. The Hall–Kier alpha value is -2.81. The number of allylic oxidation sites excluding steroid dienone is 9. The van der Waals surface area contributed by atoms with E-state index in [1.54, 1.807) is 7.11 Å². The SMILES string of the molecule is COc1ccc(N2C(=O)C3(C4C=CC=CC=C42)C2C=CC=CC23)cc1. The van der Waals surface area contributed by atoms with Gasteiger partial charge in [0.25, 0.3) is 0 Å². The van der Waals surface area contributed by atoms with Crippen LogP contribution in [0.1, 0.15) is 0 Å². The Bertz CT molecular complexity index is 867. The monoisotopic (exact) mass is 329 g/mol. The number of hydrogen-bond acceptors (Lipinski definition) is 2. The second-order valence-corrected chi connectivity index (χ2v) is 6.93. The summed E-state index contributed by atoms with van der Waals surface area (Å²) >= 11 is 0. The normalized spacial score (nSPS) is 34.0. The molecule has 0 N–H and O–H groups in total. The van der Waals surface area contributed by atoms with E-state index in [0.717, 1.165) is 17.1 Å². The van der Waals surface area contributed by atoms with Gasteiger partial charge in [0.1, 0.15) is 5.75 Å². The predicted octanol–water partition coefficient (Wildman–Crippen LogP) is 4.03. The van der Waals surface area contributed by atoms with E-state index >= 15 is 0 Å². The van der Waals surface area contributed by atoms with E-state index in [-0.39, 0.29) is 17.2 Å². The van der Waals surface area contributed by atoms with Crippen LogP contribution in [-0.2, 0) is 4.79 Å². The number of methoxy groups -OCH3 is 1. The highest BCUT2D eigenvalue weighted by Crippen LogP contribution is 2.71. The molecule has 3 unspecified atom stereocenters. The molecule has 25 heavy (non-hydrogen) atoms. The van der Waals surface area contributed by atoms with Crippen LogP contribution in [0.25, 0.3) is 0 Å². The Morgan fingerprint density at radius 1 is 0.920 bits per heavy atom. The minimum atomic E-state index is -0.363.